The van der Waals surface area contributed by atoms with Crippen LogP contribution in [0.4, 0.5) is 0 Å². The summed E-state index contributed by atoms with van der Waals surface area (Å²) in [7, 11) is 0. The number of rotatable bonds is 2. The molecule has 0 heterocycles. The van der Waals surface area contributed by atoms with E-state index in [-0.39, 0.29) is 0 Å². The average Bonchev–Trinajstić information content (AvgIpc) is 2.51. The number of benzene rings is 2. The molecular weight excluding hydrogens is 240 g/mol. The van der Waals surface area contributed by atoms with E-state index in [2.05, 4.69) is 30.6 Å². The van der Waals surface area contributed by atoms with Crippen molar-refractivity contribution in [3.05, 3.63) is 71.3 Å². The molecule has 98 valence electrons. The zero-order valence-corrected chi connectivity index (χ0v) is 11.8. The Hall–Kier alpha value is -2.44. The first kappa shape index (κ1) is 14.0. The highest BCUT2D eigenvalue weighted by atomic mass is 14.0. The van der Waals surface area contributed by atoms with Gasteiger partial charge in [0.25, 0.3) is 0 Å². The summed E-state index contributed by atoms with van der Waals surface area (Å²) < 4.78 is 0. The highest BCUT2D eigenvalue weighted by molar-refractivity contribution is 5.52. The van der Waals surface area contributed by atoms with Gasteiger partial charge in [-0.05, 0) is 30.7 Å². The molecule has 0 radical (unpaired) electrons. The Morgan fingerprint density at radius 2 is 1.40 bits per heavy atom. The fraction of sp³-hybridized carbons (Fsp3) is 0.200. The smallest absolute Gasteiger partial charge is 0.0405 e. The van der Waals surface area contributed by atoms with Crippen LogP contribution in [0.25, 0.3) is 0 Å². The second-order valence-electron chi connectivity index (χ2n) is 4.57. The molecule has 0 saturated heterocycles. The molecule has 0 amide bonds. The van der Waals surface area contributed by atoms with E-state index < -0.39 is 0 Å². The van der Waals surface area contributed by atoms with Crippen molar-refractivity contribution in [2.24, 2.45) is 0 Å². The van der Waals surface area contributed by atoms with Gasteiger partial charge in [0.05, 0.1) is 0 Å². The van der Waals surface area contributed by atoms with Crippen LogP contribution in [-0.4, -0.2) is 0 Å². The third-order valence-electron chi connectivity index (χ3n) is 2.92. The van der Waals surface area contributed by atoms with Crippen molar-refractivity contribution in [2.45, 2.75) is 26.2 Å². The summed E-state index contributed by atoms with van der Waals surface area (Å²) in [5, 5.41) is 0. The molecule has 0 spiro atoms. The van der Waals surface area contributed by atoms with E-state index in [9.17, 15) is 0 Å². The van der Waals surface area contributed by atoms with E-state index >= 15 is 0 Å². The minimum Gasteiger partial charge on any atom is -0.0978 e. The molecule has 0 aromatic heterocycles. The first-order chi connectivity index (χ1) is 9.90. The minimum absolute atomic E-state index is 0.955. The lowest BCUT2D eigenvalue weighted by Gasteiger charge is -1.95. The van der Waals surface area contributed by atoms with Gasteiger partial charge in [-0.25, -0.2) is 0 Å². The molecule has 0 aliphatic carbocycles. The highest BCUT2D eigenvalue weighted by Gasteiger charge is 1.94. The highest BCUT2D eigenvalue weighted by Crippen LogP contribution is 2.06. The van der Waals surface area contributed by atoms with Crippen molar-refractivity contribution < 1.29 is 0 Å². The molecule has 2 aromatic rings. The Kier molecular flexibility index (Phi) is 5.51. The van der Waals surface area contributed by atoms with Crippen molar-refractivity contribution in [3.8, 4) is 23.7 Å². The van der Waals surface area contributed by atoms with E-state index in [0.717, 1.165) is 29.5 Å². The van der Waals surface area contributed by atoms with Crippen LogP contribution in [0.2, 0.25) is 0 Å². The van der Waals surface area contributed by atoms with Gasteiger partial charge in [-0.15, -0.1) is 0 Å². The van der Waals surface area contributed by atoms with Crippen LogP contribution in [0.3, 0.4) is 0 Å². The fourth-order valence-electron chi connectivity index (χ4n) is 1.79. The molecule has 0 aliphatic heterocycles. The second-order valence-corrected chi connectivity index (χ2v) is 4.57. The maximum absolute atomic E-state index is 3.23. The lowest BCUT2D eigenvalue weighted by Crippen LogP contribution is -1.83. The summed E-state index contributed by atoms with van der Waals surface area (Å²) >= 11 is 0. The molecule has 0 unspecified atom stereocenters. The molecule has 0 N–H and O–H groups in total. The van der Waals surface area contributed by atoms with Crippen molar-refractivity contribution in [2.75, 3.05) is 0 Å². The van der Waals surface area contributed by atoms with Gasteiger partial charge in [0.2, 0.25) is 0 Å². The van der Waals surface area contributed by atoms with Crippen molar-refractivity contribution >= 4 is 0 Å². The van der Waals surface area contributed by atoms with E-state index in [0.29, 0.717) is 0 Å². The zero-order chi connectivity index (χ0) is 14.0. The summed E-state index contributed by atoms with van der Waals surface area (Å²) in [6, 6.07) is 18.1. The maximum Gasteiger partial charge on any atom is 0.0405 e. The minimum atomic E-state index is 0.955. The van der Waals surface area contributed by atoms with E-state index in [4.69, 9.17) is 0 Å². The summed E-state index contributed by atoms with van der Waals surface area (Å²) in [4.78, 5) is 0. The van der Waals surface area contributed by atoms with Gasteiger partial charge in [0, 0.05) is 23.1 Å². The molecule has 0 aliphatic rings. The first-order valence-electron chi connectivity index (χ1n) is 7.05. The fourth-order valence-corrected chi connectivity index (χ4v) is 1.79. The van der Waals surface area contributed by atoms with Gasteiger partial charge in [-0.1, -0.05) is 67.4 Å². The molecule has 2 rings (SSSR count). The molecule has 0 bridgehead atoms. The van der Waals surface area contributed by atoms with E-state index in [1.54, 1.807) is 0 Å². The standard InChI is InChI=1S/C20H18/c1-2-3-4-8-13-19-14-9-10-15-20(19)17-16-18-11-6-5-7-12-18/h5-7,9-12,14-15H,2-4H2,1H3. The second kappa shape index (κ2) is 7.88. The molecule has 0 nitrogen and oxygen atoms in total. The van der Waals surface area contributed by atoms with Crippen LogP contribution in [0.5, 0.6) is 0 Å². The third kappa shape index (κ3) is 4.34. The Morgan fingerprint density at radius 1 is 0.750 bits per heavy atom. The van der Waals surface area contributed by atoms with Gasteiger partial charge in [-0.3, -0.25) is 0 Å². The van der Waals surface area contributed by atoms with Gasteiger partial charge in [0.1, 0.15) is 0 Å². The molecule has 0 atom stereocenters. The third-order valence-corrected chi connectivity index (χ3v) is 2.92. The predicted octanol–water partition coefficient (Wildman–Crippen LogP) is 4.63. The van der Waals surface area contributed by atoms with Gasteiger partial charge in [-0.2, -0.15) is 0 Å². The van der Waals surface area contributed by atoms with Gasteiger partial charge < -0.3 is 0 Å². The Bertz CT molecular complexity index is 658. The largest absolute Gasteiger partial charge is 0.0978 e. The van der Waals surface area contributed by atoms with Crippen LogP contribution in [0, 0.1) is 23.7 Å². The molecule has 0 heteroatoms. The molecule has 2 aromatic carbocycles. The monoisotopic (exact) mass is 258 g/mol. The predicted molar refractivity (Wildman–Crippen MR) is 85.3 cm³/mol. The topological polar surface area (TPSA) is 0 Å². The summed E-state index contributed by atoms with van der Waals surface area (Å²) in [6.07, 6.45) is 3.30. The normalized spacial score (nSPS) is 9.05. The van der Waals surface area contributed by atoms with E-state index in [1.807, 2.05) is 54.6 Å². The first-order valence-corrected chi connectivity index (χ1v) is 7.05. The quantitative estimate of drug-likeness (QED) is 0.544. The summed E-state index contributed by atoms with van der Waals surface area (Å²) in [5.41, 5.74) is 3.05. The van der Waals surface area contributed by atoms with Crippen molar-refractivity contribution in [3.63, 3.8) is 0 Å². The lowest BCUT2D eigenvalue weighted by molar-refractivity contribution is 0.828. The number of hydrogen-bond acceptors (Lipinski definition) is 0. The molecule has 20 heavy (non-hydrogen) atoms. The SMILES string of the molecule is CCCCC#Cc1ccccc1C#Cc1ccccc1. The van der Waals surface area contributed by atoms with Crippen LogP contribution in [0.15, 0.2) is 54.6 Å². The van der Waals surface area contributed by atoms with Crippen LogP contribution < -0.4 is 0 Å². The summed E-state index contributed by atoms with van der Waals surface area (Å²) in [6.45, 7) is 2.18. The van der Waals surface area contributed by atoms with Crippen molar-refractivity contribution in [1.82, 2.24) is 0 Å². The lowest BCUT2D eigenvalue weighted by atomic mass is 10.1. The maximum atomic E-state index is 3.23. The molecule has 0 saturated carbocycles. The zero-order valence-electron chi connectivity index (χ0n) is 11.8. The number of hydrogen-bond donors (Lipinski definition) is 0. The van der Waals surface area contributed by atoms with Crippen LogP contribution in [0.1, 0.15) is 42.9 Å². The van der Waals surface area contributed by atoms with Crippen molar-refractivity contribution in [1.29, 1.82) is 0 Å². The van der Waals surface area contributed by atoms with Crippen LogP contribution >= 0.6 is 0 Å². The molecular formula is C20H18. The number of unbranched alkanes of at least 4 members (excludes halogenated alkanes) is 2. The Balaban J connectivity index is 2.20. The van der Waals surface area contributed by atoms with Crippen LogP contribution in [-0.2, 0) is 0 Å². The van der Waals surface area contributed by atoms with Gasteiger partial charge >= 0.3 is 0 Å². The van der Waals surface area contributed by atoms with Gasteiger partial charge in [0.15, 0.2) is 0 Å². The summed E-state index contributed by atoms with van der Waals surface area (Å²) in [5.74, 6) is 12.9. The Labute approximate surface area is 121 Å². The average molecular weight is 258 g/mol. The Morgan fingerprint density at radius 3 is 2.10 bits per heavy atom. The van der Waals surface area contributed by atoms with E-state index in [1.165, 1.54) is 6.42 Å². The molecule has 0 fully saturated rings.